The SMILES string of the molecule is CC(C)c1nc(Cl)cc(NCC2CCCS2(=O)=O)n1. The predicted octanol–water partition coefficient (Wildman–Crippen LogP) is 2.24. The highest BCUT2D eigenvalue weighted by atomic mass is 35.5. The van der Waals surface area contributed by atoms with Crippen LogP contribution in [0.5, 0.6) is 0 Å². The Bertz CT molecular complexity index is 560. The third-order valence-electron chi connectivity index (χ3n) is 3.20. The van der Waals surface area contributed by atoms with Crippen molar-refractivity contribution in [2.45, 2.75) is 37.9 Å². The summed E-state index contributed by atoms with van der Waals surface area (Å²) >= 11 is 5.94. The van der Waals surface area contributed by atoms with Crippen molar-refractivity contribution in [3.63, 3.8) is 0 Å². The van der Waals surface area contributed by atoms with Gasteiger partial charge in [-0.2, -0.15) is 0 Å². The fraction of sp³-hybridized carbons (Fsp3) is 0.667. The highest BCUT2D eigenvalue weighted by Crippen LogP contribution is 2.21. The smallest absolute Gasteiger partial charge is 0.154 e. The summed E-state index contributed by atoms with van der Waals surface area (Å²) in [7, 11) is -2.93. The van der Waals surface area contributed by atoms with Crippen molar-refractivity contribution in [3.8, 4) is 0 Å². The summed E-state index contributed by atoms with van der Waals surface area (Å²) in [5.74, 6) is 1.71. The maximum Gasteiger partial charge on any atom is 0.154 e. The van der Waals surface area contributed by atoms with E-state index >= 15 is 0 Å². The molecule has 1 unspecified atom stereocenters. The number of anilines is 1. The largest absolute Gasteiger partial charge is 0.369 e. The maximum absolute atomic E-state index is 11.7. The lowest BCUT2D eigenvalue weighted by molar-refractivity contribution is 0.591. The lowest BCUT2D eigenvalue weighted by Gasteiger charge is -2.13. The van der Waals surface area contributed by atoms with E-state index in [-0.39, 0.29) is 11.2 Å². The average Bonchev–Trinajstić information content (AvgIpc) is 2.65. The zero-order valence-electron chi connectivity index (χ0n) is 11.1. The third kappa shape index (κ3) is 3.57. The van der Waals surface area contributed by atoms with Crippen molar-refractivity contribution in [2.24, 2.45) is 0 Å². The van der Waals surface area contributed by atoms with Crippen LogP contribution in [0.3, 0.4) is 0 Å². The Morgan fingerprint density at radius 1 is 1.47 bits per heavy atom. The minimum atomic E-state index is -2.93. The van der Waals surface area contributed by atoms with Crippen LogP contribution in [0.4, 0.5) is 5.82 Å². The lowest BCUT2D eigenvalue weighted by atomic mass is 10.2. The summed E-state index contributed by atoms with van der Waals surface area (Å²) in [6, 6.07) is 1.62. The summed E-state index contributed by atoms with van der Waals surface area (Å²) in [5.41, 5.74) is 0. The molecule has 1 atom stereocenters. The minimum Gasteiger partial charge on any atom is -0.369 e. The standard InChI is InChI=1S/C12H18ClN3O2S/c1-8(2)12-15-10(13)6-11(16-12)14-7-9-4-3-5-19(9,17)18/h6,8-9H,3-5,7H2,1-2H3,(H,14,15,16). The number of sulfone groups is 1. The number of aromatic nitrogens is 2. The van der Waals surface area contributed by atoms with E-state index in [1.807, 2.05) is 13.8 Å². The van der Waals surface area contributed by atoms with Gasteiger partial charge in [-0.05, 0) is 12.8 Å². The molecular weight excluding hydrogens is 286 g/mol. The number of rotatable bonds is 4. The molecule has 0 spiro atoms. The maximum atomic E-state index is 11.7. The molecule has 19 heavy (non-hydrogen) atoms. The molecule has 1 N–H and O–H groups in total. The Labute approximate surface area is 118 Å². The van der Waals surface area contributed by atoms with Crippen LogP contribution in [-0.4, -0.2) is 35.9 Å². The third-order valence-corrected chi connectivity index (χ3v) is 5.67. The molecule has 0 saturated carbocycles. The molecule has 7 heteroatoms. The van der Waals surface area contributed by atoms with Gasteiger partial charge in [0.05, 0.1) is 11.0 Å². The van der Waals surface area contributed by atoms with Crippen LogP contribution in [0.25, 0.3) is 0 Å². The Morgan fingerprint density at radius 2 is 2.21 bits per heavy atom. The number of hydrogen-bond acceptors (Lipinski definition) is 5. The van der Waals surface area contributed by atoms with Crippen molar-refractivity contribution < 1.29 is 8.42 Å². The summed E-state index contributed by atoms with van der Waals surface area (Å²) in [6.45, 7) is 4.35. The monoisotopic (exact) mass is 303 g/mol. The molecule has 2 heterocycles. The van der Waals surface area contributed by atoms with Crippen molar-refractivity contribution in [1.82, 2.24) is 9.97 Å². The molecule has 1 aromatic heterocycles. The summed E-state index contributed by atoms with van der Waals surface area (Å²) in [4.78, 5) is 8.48. The van der Waals surface area contributed by atoms with E-state index in [0.717, 1.165) is 6.42 Å². The molecule has 2 rings (SSSR count). The lowest BCUT2D eigenvalue weighted by Crippen LogP contribution is -2.25. The van der Waals surface area contributed by atoms with Crippen LogP contribution in [0.15, 0.2) is 6.07 Å². The predicted molar refractivity (Wildman–Crippen MR) is 76.4 cm³/mol. The first-order valence-corrected chi connectivity index (χ1v) is 8.48. The quantitative estimate of drug-likeness (QED) is 0.864. The Morgan fingerprint density at radius 3 is 2.79 bits per heavy atom. The van der Waals surface area contributed by atoms with E-state index in [9.17, 15) is 8.42 Å². The first-order valence-electron chi connectivity index (χ1n) is 6.38. The fourth-order valence-corrected chi connectivity index (χ4v) is 4.05. The van der Waals surface area contributed by atoms with E-state index in [1.54, 1.807) is 6.07 Å². The highest BCUT2D eigenvalue weighted by Gasteiger charge is 2.30. The number of hydrogen-bond donors (Lipinski definition) is 1. The van der Waals surface area contributed by atoms with E-state index in [0.29, 0.717) is 35.5 Å². The molecule has 0 bridgehead atoms. The zero-order chi connectivity index (χ0) is 14.0. The van der Waals surface area contributed by atoms with Gasteiger partial charge in [0.2, 0.25) is 0 Å². The minimum absolute atomic E-state index is 0.175. The molecule has 5 nitrogen and oxygen atoms in total. The molecule has 106 valence electrons. The van der Waals surface area contributed by atoms with Gasteiger partial charge in [-0.1, -0.05) is 25.4 Å². The van der Waals surface area contributed by atoms with Crippen LogP contribution < -0.4 is 5.32 Å². The molecule has 0 aromatic carbocycles. The molecule has 0 amide bonds. The number of nitrogens with one attached hydrogen (secondary N) is 1. The van der Waals surface area contributed by atoms with Crippen LogP contribution in [0.2, 0.25) is 5.15 Å². The highest BCUT2D eigenvalue weighted by molar-refractivity contribution is 7.92. The Balaban J connectivity index is 2.07. The second-order valence-corrected chi connectivity index (χ2v) is 7.89. The topological polar surface area (TPSA) is 72.0 Å². The Kier molecular flexibility index (Phi) is 4.30. The molecule has 0 radical (unpaired) electrons. The van der Waals surface area contributed by atoms with Gasteiger partial charge in [0.15, 0.2) is 9.84 Å². The summed E-state index contributed by atoms with van der Waals surface area (Å²) < 4.78 is 23.5. The first-order chi connectivity index (χ1) is 8.88. The van der Waals surface area contributed by atoms with Crippen molar-refractivity contribution in [1.29, 1.82) is 0 Å². The molecule has 0 aliphatic carbocycles. The van der Waals surface area contributed by atoms with E-state index in [1.165, 1.54) is 0 Å². The van der Waals surface area contributed by atoms with Gasteiger partial charge in [0.25, 0.3) is 0 Å². The van der Waals surface area contributed by atoms with Crippen LogP contribution in [0, 0.1) is 0 Å². The second kappa shape index (κ2) is 5.63. The summed E-state index contributed by atoms with van der Waals surface area (Å²) in [5, 5.41) is 3.12. The molecular formula is C12H18ClN3O2S. The van der Waals surface area contributed by atoms with Gasteiger partial charge in [-0.15, -0.1) is 0 Å². The van der Waals surface area contributed by atoms with Crippen LogP contribution >= 0.6 is 11.6 Å². The number of nitrogens with zero attached hydrogens (tertiary/aromatic N) is 2. The average molecular weight is 304 g/mol. The fourth-order valence-electron chi connectivity index (χ4n) is 2.09. The zero-order valence-corrected chi connectivity index (χ0v) is 12.6. The van der Waals surface area contributed by atoms with E-state index < -0.39 is 9.84 Å². The molecule has 1 aromatic rings. The second-order valence-electron chi connectivity index (χ2n) is 5.10. The molecule has 1 aliphatic rings. The van der Waals surface area contributed by atoms with Gasteiger partial charge >= 0.3 is 0 Å². The van der Waals surface area contributed by atoms with Gasteiger partial charge in [-0.25, -0.2) is 18.4 Å². The van der Waals surface area contributed by atoms with Crippen molar-refractivity contribution >= 4 is 27.3 Å². The molecule has 1 fully saturated rings. The van der Waals surface area contributed by atoms with E-state index in [2.05, 4.69) is 15.3 Å². The van der Waals surface area contributed by atoms with Crippen molar-refractivity contribution in [3.05, 3.63) is 17.0 Å². The van der Waals surface area contributed by atoms with E-state index in [4.69, 9.17) is 11.6 Å². The number of halogens is 1. The Hall–Kier alpha value is -0.880. The first kappa shape index (κ1) is 14.5. The van der Waals surface area contributed by atoms with Crippen LogP contribution in [0.1, 0.15) is 38.4 Å². The summed E-state index contributed by atoms with van der Waals surface area (Å²) in [6.07, 6.45) is 1.46. The van der Waals surface area contributed by atoms with Gasteiger partial charge in [0.1, 0.15) is 16.8 Å². The van der Waals surface area contributed by atoms with Crippen molar-refractivity contribution in [2.75, 3.05) is 17.6 Å². The van der Waals surface area contributed by atoms with Gasteiger partial charge in [-0.3, -0.25) is 0 Å². The van der Waals surface area contributed by atoms with Gasteiger partial charge < -0.3 is 5.32 Å². The van der Waals surface area contributed by atoms with Crippen LogP contribution in [-0.2, 0) is 9.84 Å². The normalized spacial score (nSPS) is 21.8. The van der Waals surface area contributed by atoms with Gasteiger partial charge in [0, 0.05) is 18.5 Å². The molecule has 1 aliphatic heterocycles. The molecule has 1 saturated heterocycles.